The van der Waals surface area contributed by atoms with Crippen LogP contribution in [0.2, 0.25) is 0 Å². The first-order valence-electron chi connectivity index (χ1n) is 9.44. The predicted octanol–water partition coefficient (Wildman–Crippen LogP) is 6.61. The van der Waals surface area contributed by atoms with Crippen LogP contribution in [0.1, 0.15) is 16.7 Å². The number of benzene rings is 4. The highest BCUT2D eigenvalue weighted by atomic mass is 19.2. The number of rotatable bonds is 3. The molecule has 0 aliphatic rings. The van der Waals surface area contributed by atoms with E-state index in [2.05, 4.69) is 11.8 Å². The SMILES string of the molecule is COCc1ccc(-c2ccc(C#Cc3cccc4c(F)c(F)c(F)cc34)c(F)c2)cc1. The molecule has 0 fully saturated rings. The average molecular weight is 420 g/mol. The van der Waals surface area contributed by atoms with Crippen LogP contribution in [0.15, 0.2) is 66.7 Å². The van der Waals surface area contributed by atoms with Crippen LogP contribution in [0, 0.1) is 35.1 Å². The summed E-state index contributed by atoms with van der Waals surface area (Å²) in [5.41, 5.74) is 2.96. The van der Waals surface area contributed by atoms with E-state index in [4.69, 9.17) is 4.74 Å². The summed E-state index contributed by atoms with van der Waals surface area (Å²) in [6.45, 7) is 0.498. The summed E-state index contributed by atoms with van der Waals surface area (Å²) >= 11 is 0. The van der Waals surface area contributed by atoms with Crippen LogP contribution in [0.25, 0.3) is 21.9 Å². The smallest absolute Gasteiger partial charge is 0.195 e. The molecule has 0 spiro atoms. The van der Waals surface area contributed by atoms with Gasteiger partial charge in [0.15, 0.2) is 17.5 Å². The Kier molecular flexibility index (Phi) is 5.75. The zero-order valence-corrected chi connectivity index (χ0v) is 16.5. The van der Waals surface area contributed by atoms with Crippen molar-refractivity contribution < 1.29 is 22.3 Å². The van der Waals surface area contributed by atoms with Gasteiger partial charge in [-0.15, -0.1) is 0 Å². The van der Waals surface area contributed by atoms with Crippen LogP contribution in [0.3, 0.4) is 0 Å². The quantitative estimate of drug-likeness (QED) is 0.206. The zero-order valence-electron chi connectivity index (χ0n) is 16.5. The van der Waals surface area contributed by atoms with Crippen molar-refractivity contribution in [1.29, 1.82) is 0 Å². The van der Waals surface area contributed by atoms with Crippen molar-refractivity contribution in [3.8, 4) is 23.0 Å². The highest BCUT2D eigenvalue weighted by molar-refractivity contribution is 5.89. The fraction of sp³-hybridized carbons (Fsp3) is 0.0769. The first-order chi connectivity index (χ1) is 15.0. The summed E-state index contributed by atoms with van der Waals surface area (Å²) in [5, 5.41) is 0.0398. The predicted molar refractivity (Wildman–Crippen MR) is 112 cm³/mol. The van der Waals surface area contributed by atoms with Crippen molar-refractivity contribution >= 4 is 10.8 Å². The Morgan fingerprint density at radius 3 is 2.10 bits per heavy atom. The minimum Gasteiger partial charge on any atom is -0.380 e. The Hall–Kier alpha value is -3.62. The minimum atomic E-state index is -1.53. The molecule has 0 atom stereocenters. The number of halogens is 4. The van der Waals surface area contributed by atoms with Gasteiger partial charge in [-0.05, 0) is 41.0 Å². The maximum absolute atomic E-state index is 14.6. The molecule has 0 aliphatic heterocycles. The topological polar surface area (TPSA) is 9.23 Å². The van der Waals surface area contributed by atoms with Gasteiger partial charge >= 0.3 is 0 Å². The summed E-state index contributed by atoms with van der Waals surface area (Å²) in [6, 6.07) is 17.5. The van der Waals surface area contributed by atoms with Crippen LogP contribution < -0.4 is 0 Å². The second-order valence-corrected chi connectivity index (χ2v) is 6.96. The minimum absolute atomic E-state index is 0.0848. The summed E-state index contributed by atoms with van der Waals surface area (Å²) < 4.78 is 60.9. The fourth-order valence-corrected chi connectivity index (χ4v) is 3.33. The lowest BCUT2D eigenvalue weighted by Gasteiger charge is -2.06. The van der Waals surface area contributed by atoms with Crippen LogP contribution in [-0.4, -0.2) is 7.11 Å². The standard InChI is InChI=1S/C26H16F4O/c1-31-15-16-5-7-17(8-6-16)20-12-11-19(23(27)13-20)10-9-18-3-2-4-21-22(18)14-24(28)26(30)25(21)29/h2-8,11-14H,15H2,1H3. The van der Waals surface area contributed by atoms with E-state index in [9.17, 15) is 17.6 Å². The van der Waals surface area contributed by atoms with E-state index in [1.807, 2.05) is 24.3 Å². The van der Waals surface area contributed by atoms with Gasteiger partial charge in [-0.3, -0.25) is 0 Å². The highest BCUT2D eigenvalue weighted by Gasteiger charge is 2.14. The molecule has 0 saturated heterocycles. The molecule has 4 rings (SSSR count). The number of methoxy groups -OCH3 is 1. The molecule has 0 heterocycles. The van der Waals surface area contributed by atoms with Gasteiger partial charge in [-0.1, -0.05) is 54.3 Å². The first-order valence-corrected chi connectivity index (χ1v) is 9.44. The second kappa shape index (κ2) is 8.63. The molecule has 0 bridgehead atoms. The summed E-state index contributed by atoms with van der Waals surface area (Å²) in [4.78, 5) is 0. The van der Waals surface area contributed by atoms with Crippen LogP contribution in [0.4, 0.5) is 17.6 Å². The molecule has 5 heteroatoms. The zero-order chi connectivity index (χ0) is 22.0. The van der Waals surface area contributed by atoms with Crippen molar-refractivity contribution in [2.45, 2.75) is 6.61 Å². The Bertz CT molecular complexity index is 1330. The molecule has 0 N–H and O–H groups in total. The fourth-order valence-electron chi connectivity index (χ4n) is 3.33. The van der Waals surface area contributed by atoms with E-state index in [-0.39, 0.29) is 21.9 Å². The average Bonchev–Trinajstić information content (AvgIpc) is 2.78. The van der Waals surface area contributed by atoms with Crippen molar-refractivity contribution in [2.24, 2.45) is 0 Å². The number of fused-ring (bicyclic) bond motifs is 1. The van der Waals surface area contributed by atoms with Gasteiger partial charge in [0.1, 0.15) is 5.82 Å². The van der Waals surface area contributed by atoms with Crippen LogP contribution in [-0.2, 0) is 11.3 Å². The van der Waals surface area contributed by atoms with Gasteiger partial charge in [0.25, 0.3) is 0 Å². The molecule has 0 unspecified atom stereocenters. The molecule has 0 radical (unpaired) electrons. The van der Waals surface area contributed by atoms with E-state index in [0.29, 0.717) is 12.2 Å². The highest BCUT2D eigenvalue weighted by Crippen LogP contribution is 2.26. The molecule has 0 aliphatic carbocycles. The summed E-state index contributed by atoms with van der Waals surface area (Å²) in [5.74, 6) is 0.815. The van der Waals surface area contributed by atoms with E-state index in [1.54, 1.807) is 25.3 Å². The second-order valence-electron chi connectivity index (χ2n) is 6.96. The van der Waals surface area contributed by atoms with Crippen molar-refractivity contribution in [1.82, 2.24) is 0 Å². The molecular formula is C26H16F4O. The van der Waals surface area contributed by atoms with Gasteiger partial charge in [-0.2, -0.15) is 0 Å². The number of ether oxygens (including phenoxy) is 1. The monoisotopic (exact) mass is 420 g/mol. The lowest BCUT2D eigenvalue weighted by atomic mass is 10.0. The van der Waals surface area contributed by atoms with Gasteiger partial charge < -0.3 is 4.74 Å². The van der Waals surface area contributed by atoms with E-state index in [1.165, 1.54) is 18.2 Å². The van der Waals surface area contributed by atoms with Gasteiger partial charge in [0.2, 0.25) is 0 Å². The Labute approximate surface area is 176 Å². The van der Waals surface area contributed by atoms with Gasteiger partial charge in [0.05, 0.1) is 12.2 Å². The molecule has 4 aromatic carbocycles. The molecule has 0 saturated carbocycles. The van der Waals surface area contributed by atoms with Gasteiger partial charge in [0, 0.05) is 23.4 Å². The van der Waals surface area contributed by atoms with E-state index < -0.39 is 23.3 Å². The molecule has 154 valence electrons. The maximum atomic E-state index is 14.6. The lowest BCUT2D eigenvalue weighted by Crippen LogP contribution is -1.94. The number of hydrogen-bond acceptors (Lipinski definition) is 1. The number of hydrogen-bond donors (Lipinski definition) is 0. The third kappa shape index (κ3) is 4.16. The van der Waals surface area contributed by atoms with Crippen molar-refractivity contribution in [2.75, 3.05) is 7.11 Å². The molecule has 4 aromatic rings. The van der Waals surface area contributed by atoms with Crippen molar-refractivity contribution in [3.05, 3.63) is 107 Å². The molecule has 0 amide bonds. The van der Waals surface area contributed by atoms with Gasteiger partial charge in [-0.25, -0.2) is 17.6 Å². The third-order valence-electron chi connectivity index (χ3n) is 4.92. The van der Waals surface area contributed by atoms with Crippen LogP contribution >= 0.6 is 0 Å². The summed E-state index contributed by atoms with van der Waals surface area (Å²) in [6.07, 6.45) is 0. The lowest BCUT2D eigenvalue weighted by molar-refractivity contribution is 0.185. The Morgan fingerprint density at radius 1 is 0.677 bits per heavy atom. The van der Waals surface area contributed by atoms with E-state index >= 15 is 0 Å². The largest absolute Gasteiger partial charge is 0.380 e. The summed E-state index contributed by atoms with van der Waals surface area (Å²) in [7, 11) is 1.62. The normalized spacial score (nSPS) is 10.7. The van der Waals surface area contributed by atoms with Crippen LogP contribution in [0.5, 0.6) is 0 Å². The first kappa shape index (κ1) is 20.6. The van der Waals surface area contributed by atoms with E-state index in [0.717, 1.165) is 17.2 Å². The third-order valence-corrected chi connectivity index (χ3v) is 4.92. The molecule has 1 nitrogen and oxygen atoms in total. The molecule has 31 heavy (non-hydrogen) atoms. The Morgan fingerprint density at radius 2 is 1.39 bits per heavy atom. The molecule has 0 aromatic heterocycles. The Balaban J connectivity index is 1.67. The molecular weight excluding hydrogens is 404 g/mol. The maximum Gasteiger partial charge on any atom is 0.195 e. The van der Waals surface area contributed by atoms with Crippen molar-refractivity contribution in [3.63, 3.8) is 0 Å².